The largest absolute Gasteiger partial charge is 0.367 e. The Balaban J connectivity index is 2.30. The van der Waals surface area contributed by atoms with Crippen molar-refractivity contribution in [3.63, 3.8) is 0 Å². The molecule has 0 aliphatic carbocycles. The van der Waals surface area contributed by atoms with E-state index in [-0.39, 0.29) is 23.3 Å². The van der Waals surface area contributed by atoms with Crippen LogP contribution in [0.25, 0.3) is 0 Å². The average Bonchev–Trinajstić information content (AvgIpc) is 2.25. The Hall–Kier alpha value is -0.970. The van der Waals surface area contributed by atoms with Gasteiger partial charge in [-0.2, -0.15) is 0 Å². The van der Waals surface area contributed by atoms with Crippen LogP contribution in [0.4, 0.5) is 0 Å². The molecule has 0 aromatic carbocycles. The summed E-state index contributed by atoms with van der Waals surface area (Å²) in [6.45, 7) is 12.3. The second-order valence-electron chi connectivity index (χ2n) is 7.08. The zero-order valence-corrected chi connectivity index (χ0v) is 13.3. The molecule has 2 heterocycles. The van der Waals surface area contributed by atoms with Crippen molar-refractivity contribution < 1.29 is 4.74 Å². The molecule has 20 heavy (non-hydrogen) atoms. The predicted octanol–water partition coefficient (Wildman–Crippen LogP) is 2.36. The van der Waals surface area contributed by atoms with Crippen LogP contribution in [0.2, 0.25) is 0 Å². The van der Waals surface area contributed by atoms with E-state index in [9.17, 15) is 0 Å². The lowest BCUT2D eigenvalue weighted by Gasteiger charge is -2.50. The van der Waals surface area contributed by atoms with Gasteiger partial charge in [0.1, 0.15) is 0 Å². The normalized spacial score (nSPS) is 25.1. The highest BCUT2D eigenvalue weighted by Gasteiger charge is 2.41. The van der Waals surface area contributed by atoms with Crippen LogP contribution in [0.1, 0.15) is 46.4 Å². The van der Waals surface area contributed by atoms with Gasteiger partial charge < -0.3 is 10.5 Å². The van der Waals surface area contributed by atoms with E-state index >= 15 is 0 Å². The Bertz CT molecular complexity index is 426. The summed E-state index contributed by atoms with van der Waals surface area (Å²) in [5.41, 5.74) is 6.94. The van der Waals surface area contributed by atoms with Gasteiger partial charge >= 0.3 is 0 Å². The Morgan fingerprint density at radius 3 is 2.25 bits per heavy atom. The average molecular weight is 277 g/mol. The molecular weight excluding hydrogens is 250 g/mol. The second-order valence-corrected chi connectivity index (χ2v) is 7.08. The molecule has 112 valence electrons. The number of nitrogens with two attached hydrogens (primary N) is 1. The van der Waals surface area contributed by atoms with E-state index in [2.05, 4.69) is 50.6 Å². The van der Waals surface area contributed by atoms with Gasteiger partial charge in [0.15, 0.2) is 0 Å². The third-order valence-electron chi connectivity index (χ3n) is 3.60. The number of rotatable bonds is 3. The molecular formula is C16H27N3O. The first-order chi connectivity index (χ1) is 9.20. The van der Waals surface area contributed by atoms with Crippen molar-refractivity contribution in [2.45, 2.75) is 57.9 Å². The number of pyridine rings is 1. The summed E-state index contributed by atoms with van der Waals surface area (Å²) in [6.07, 6.45) is 1.83. The van der Waals surface area contributed by atoms with Gasteiger partial charge in [-0.05, 0) is 46.8 Å². The van der Waals surface area contributed by atoms with Crippen LogP contribution in [0.5, 0.6) is 0 Å². The summed E-state index contributed by atoms with van der Waals surface area (Å²) in [4.78, 5) is 6.92. The molecule has 0 saturated carbocycles. The lowest BCUT2D eigenvalue weighted by Crippen LogP contribution is -2.59. The molecule has 1 saturated heterocycles. The SMILES string of the molecule is CC(N)C(c1ccccn1)N1CC(C)(C)OC(C)(C)C1. The minimum atomic E-state index is -0.177. The molecule has 1 fully saturated rings. The number of ether oxygens (including phenoxy) is 1. The van der Waals surface area contributed by atoms with Gasteiger partial charge in [0.05, 0.1) is 22.9 Å². The maximum Gasteiger partial charge on any atom is 0.0761 e. The summed E-state index contributed by atoms with van der Waals surface area (Å²) < 4.78 is 6.15. The first kappa shape index (κ1) is 15.4. The Kier molecular flexibility index (Phi) is 4.19. The van der Waals surface area contributed by atoms with Gasteiger partial charge in [0, 0.05) is 25.3 Å². The molecule has 0 spiro atoms. The Labute approximate surface area is 122 Å². The molecule has 1 aliphatic heterocycles. The van der Waals surface area contributed by atoms with E-state index in [4.69, 9.17) is 10.5 Å². The van der Waals surface area contributed by atoms with Crippen molar-refractivity contribution in [3.05, 3.63) is 30.1 Å². The molecule has 4 heteroatoms. The van der Waals surface area contributed by atoms with E-state index in [0.29, 0.717) is 0 Å². The fraction of sp³-hybridized carbons (Fsp3) is 0.688. The predicted molar refractivity (Wildman–Crippen MR) is 81.4 cm³/mol. The number of aromatic nitrogens is 1. The molecule has 4 nitrogen and oxygen atoms in total. The molecule has 2 N–H and O–H groups in total. The van der Waals surface area contributed by atoms with E-state index in [0.717, 1.165) is 18.8 Å². The van der Waals surface area contributed by atoms with E-state index in [1.807, 2.05) is 18.3 Å². The fourth-order valence-corrected chi connectivity index (χ4v) is 3.38. The Morgan fingerprint density at radius 2 is 1.80 bits per heavy atom. The standard InChI is InChI=1S/C16H27N3O/c1-12(17)14(13-8-6-7-9-18-13)19-10-15(2,3)20-16(4,5)11-19/h6-9,12,14H,10-11,17H2,1-5H3. The first-order valence-electron chi connectivity index (χ1n) is 7.31. The Morgan fingerprint density at radius 1 is 1.20 bits per heavy atom. The van der Waals surface area contributed by atoms with Crippen LogP contribution in [0.3, 0.4) is 0 Å². The summed E-state index contributed by atoms with van der Waals surface area (Å²) in [5, 5.41) is 0. The summed E-state index contributed by atoms with van der Waals surface area (Å²) in [7, 11) is 0. The lowest BCUT2D eigenvalue weighted by atomic mass is 9.94. The monoisotopic (exact) mass is 277 g/mol. The van der Waals surface area contributed by atoms with Gasteiger partial charge in [-0.25, -0.2) is 0 Å². The quantitative estimate of drug-likeness (QED) is 0.921. The van der Waals surface area contributed by atoms with Crippen LogP contribution >= 0.6 is 0 Å². The molecule has 1 aromatic heterocycles. The zero-order chi connectivity index (χ0) is 15.0. The lowest BCUT2D eigenvalue weighted by molar-refractivity contribution is -0.189. The number of nitrogens with zero attached hydrogens (tertiary/aromatic N) is 2. The smallest absolute Gasteiger partial charge is 0.0761 e. The van der Waals surface area contributed by atoms with E-state index in [1.54, 1.807) is 0 Å². The molecule has 0 amide bonds. The van der Waals surface area contributed by atoms with Gasteiger partial charge in [-0.1, -0.05) is 6.07 Å². The maximum atomic E-state index is 6.25. The number of morpholine rings is 1. The molecule has 2 atom stereocenters. The third kappa shape index (κ3) is 3.57. The van der Waals surface area contributed by atoms with Crippen LogP contribution in [0, 0.1) is 0 Å². The summed E-state index contributed by atoms with van der Waals surface area (Å²) >= 11 is 0. The van der Waals surface area contributed by atoms with Crippen LogP contribution in [-0.2, 0) is 4.74 Å². The number of hydrogen-bond donors (Lipinski definition) is 1. The van der Waals surface area contributed by atoms with Crippen molar-refractivity contribution >= 4 is 0 Å². The zero-order valence-electron chi connectivity index (χ0n) is 13.3. The van der Waals surface area contributed by atoms with Crippen molar-refractivity contribution in [3.8, 4) is 0 Å². The van der Waals surface area contributed by atoms with Gasteiger partial charge in [0.25, 0.3) is 0 Å². The second kappa shape index (κ2) is 5.43. The highest BCUT2D eigenvalue weighted by molar-refractivity contribution is 5.12. The molecule has 0 bridgehead atoms. The highest BCUT2D eigenvalue weighted by Crippen LogP contribution is 2.34. The van der Waals surface area contributed by atoms with Crippen LogP contribution in [0.15, 0.2) is 24.4 Å². The first-order valence-corrected chi connectivity index (χ1v) is 7.31. The van der Waals surface area contributed by atoms with Crippen LogP contribution in [-0.4, -0.2) is 40.2 Å². The molecule has 1 aromatic rings. The van der Waals surface area contributed by atoms with E-state index < -0.39 is 0 Å². The molecule has 2 rings (SSSR count). The highest BCUT2D eigenvalue weighted by atomic mass is 16.5. The van der Waals surface area contributed by atoms with E-state index in [1.165, 1.54) is 0 Å². The molecule has 2 unspecified atom stereocenters. The maximum absolute atomic E-state index is 6.25. The topological polar surface area (TPSA) is 51.4 Å². The molecule has 1 aliphatic rings. The fourth-order valence-electron chi connectivity index (χ4n) is 3.38. The third-order valence-corrected chi connectivity index (χ3v) is 3.60. The van der Waals surface area contributed by atoms with Crippen molar-refractivity contribution in [2.75, 3.05) is 13.1 Å². The summed E-state index contributed by atoms with van der Waals surface area (Å²) in [6, 6.07) is 6.17. The molecule has 0 radical (unpaired) electrons. The van der Waals surface area contributed by atoms with Crippen molar-refractivity contribution in [1.29, 1.82) is 0 Å². The van der Waals surface area contributed by atoms with Gasteiger partial charge in [-0.3, -0.25) is 9.88 Å². The number of hydrogen-bond acceptors (Lipinski definition) is 4. The van der Waals surface area contributed by atoms with Crippen LogP contribution < -0.4 is 5.73 Å². The van der Waals surface area contributed by atoms with Gasteiger partial charge in [-0.15, -0.1) is 0 Å². The van der Waals surface area contributed by atoms with Gasteiger partial charge in [0.2, 0.25) is 0 Å². The minimum absolute atomic E-state index is 0.0228. The van der Waals surface area contributed by atoms with Crippen molar-refractivity contribution in [1.82, 2.24) is 9.88 Å². The minimum Gasteiger partial charge on any atom is -0.367 e. The summed E-state index contributed by atoms with van der Waals surface area (Å²) in [5.74, 6) is 0. The van der Waals surface area contributed by atoms with Crippen molar-refractivity contribution in [2.24, 2.45) is 5.73 Å².